The maximum atomic E-state index is 12.1. The minimum absolute atomic E-state index is 0.169. The molecule has 0 radical (unpaired) electrons. The molecule has 3 N–H and O–H groups in total. The van der Waals surface area contributed by atoms with E-state index in [-0.39, 0.29) is 5.91 Å². The molecule has 2 rings (SSSR count). The molecule has 0 saturated heterocycles. The lowest BCUT2D eigenvalue weighted by Gasteiger charge is -2.10. The number of nitrogens with zero attached hydrogens (tertiary/aromatic N) is 3. The van der Waals surface area contributed by atoms with Crippen molar-refractivity contribution in [2.75, 3.05) is 32.9 Å². The summed E-state index contributed by atoms with van der Waals surface area (Å²) in [5, 5.41) is 7.25. The predicted octanol–water partition coefficient (Wildman–Crippen LogP) is 1.26. The molecular weight excluding hydrogens is 254 g/mol. The van der Waals surface area contributed by atoms with Crippen LogP contribution in [0.3, 0.4) is 0 Å². The van der Waals surface area contributed by atoms with Crippen LogP contribution in [-0.4, -0.2) is 47.8 Å². The van der Waals surface area contributed by atoms with Crippen LogP contribution in [0.1, 0.15) is 48.6 Å². The smallest absolute Gasteiger partial charge is 0.273 e. The van der Waals surface area contributed by atoms with Crippen LogP contribution in [0.15, 0.2) is 6.20 Å². The van der Waals surface area contributed by atoms with Crippen molar-refractivity contribution in [2.45, 2.75) is 38.1 Å². The summed E-state index contributed by atoms with van der Waals surface area (Å²) in [4.78, 5) is 14.2. The normalized spacial score (nSPS) is 15.9. The second-order valence-electron chi connectivity index (χ2n) is 5.76. The van der Waals surface area contributed by atoms with Gasteiger partial charge in [0.15, 0.2) is 5.69 Å². The molecule has 6 heteroatoms. The second-order valence-corrected chi connectivity index (χ2v) is 5.76. The Morgan fingerprint density at radius 2 is 2.20 bits per heavy atom. The highest BCUT2D eigenvalue weighted by Gasteiger charge is 2.21. The number of nitrogens with two attached hydrogens (primary N) is 1. The summed E-state index contributed by atoms with van der Waals surface area (Å²) in [7, 11) is 4.03. The molecule has 0 aromatic carbocycles. The minimum Gasteiger partial charge on any atom is -0.396 e. The summed E-state index contributed by atoms with van der Waals surface area (Å²) >= 11 is 0. The van der Waals surface area contributed by atoms with E-state index in [0.717, 1.165) is 25.8 Å². The van der Waals surface area contributed by atoms with Crippen LogP contribution in [0.2, 0.25) is 0 Å². The zero-order chi connectivity index (χ0) is 14.5. The average Bonchev–Trinajstić information content (AvgIpc) is 3.02. The van der Waals surface area contributed by atoms with Crippen LogP contribution in [0.25, 0.3) is 0 Å². The van der Waals surface area contributed by atoms with Crippen LogP contribution in [-0.2, 0) is 0 Å². The molecule has 1 saturated carbocycles. The molecule has 1 aromatic heterocycles. The maximum Gasteiger partial charge on any atom is 0.273 e. The Bertz CT molecular complexity index is 448. The summed E-state index contributed by atoms with van der Waals surface area (Å²) in [6.07, 6.45) is 7.44. The first-order valence-electron chi connectivity index (χ1n) is 7.35. The molecule has 0 unspecified atom stereocenters. The third-order valence-corrected chi connectivity index (χ3v) is 3.74. The van der Waals surface area contributed by atoms with Gasteiger partial charge >= 0.3 is 0 Å². The lowest BCUT2D eigenvalue weighted by molar-refractivity contribution is 0.0947. The predicted molar refractivity (Wildman–Crippen MR) is 79.6 cm³/mol. The number of nitrogen functional groups attached to an aromatic ring is 1. The molecule has 112 valence electrons. The molecule has 0 bridgehead atoms. The van der Waals surface area contributed by atoms with Crippen LogP contribution >= 0.6 is 0 Å². The Balaban J connectivity index is 1.89. The van der Waals surface area contributed by atoms with Crippen molar-refractivity contribution in [3.05, 3.63) is 11.9 Å². The zero-order valence-electron chi connectivity index (χ0n) is 12.4. The molecule has 1 heterocycles. The number of aromatic nitrogens is 2. The molecule has 1 amide bonds. The van der Waals surface area contributed by atoms with Crippen LogP contribution in [0.4, 0.5) is 5.69 Å². The van der Waals surface area contributed by atoms with E-state index in [4.69, 9.17) is 5.73 Å². The highest BCUT2D eigenvalue weighted by atomic mass is 16.2. The van der Waals surface area contributed by atoms with E-state index < -0.39 is 0 Å². The number of anilines is 1. The molecule has 1 fully saturated rings. The highest BCUT2D eigenvalue weighted by Crippen LogP contribution is 2.29. The van der Waals surface area contributed by atoms with Crippen molar-refractivity contribution in [1.29, 1.82) is 0 Å². The molecule has 1 aromatic rings. The lowest BCUT2D eigenvalue weighted by atomic mass is 10.3. The average molecular weight is 279 g/mol. The van der Waals surface area contributed by atoms with Crippen molar-refractivity contribution in [2.24, 2.45) is 0 Å². The van der Waals surface area contributed by atoms with Gasteiger partial charge in [-0.25, -0.2) is 0 Å². The van der Waals surface area contributed by atoms with Gasteiger partial charge in [-0.05, 0) is 39.9 Å². The Labute approximate surface area is 120 Å². The summed E-state index contributed by atoms with van der Waals surface area (Å²) < 4.78 is 1.87. The lowest BCUT2D eigenvalue weighted by Crippen LogP contribution is -2.28. The first kappa shape index (κ1) is 14.8. The first-order chi connectivity index (χ1) is 9.58. The van der Waals surface area contributed by atoms with Crippen molar-refractivity contribution < 1.29 is 4.79 Å². The number of nitrogens with one attached hydrogen (secondary N) is 1. The fourth-order valence-electron chi connectivity index (χ4n) is 2.62. The third-order valence-electron chi connectivity index (χ3n) is 3.74. The van der Waals surface area contributed by atoms with Gasteiger partial charge in [0.1, 0.15) is 0 Å². The molecule has 0 aliphatic heterocycles. The number of carbonyl (C=O) groups excluding carboxylic acids is 1. The fourth-order valence-corrected chi connectivity index (χ4v) is 2.62. The van der Waals surface area contributed by atoms with E-state index in [1.165, 1.54) is 12.8 Å². The molecule has 1 aliphatic carbocycles. The maximum absolute atomic E-state index is 12.1. The molecule has 0 atom stereocenters. The third kappa shape index (κ3) is 3.72. The number of hydrogen-bond acceptors (Lipinski definition) is 4. The van der Waals surface area contributed by atoms with Crippen molar-refractivity contribution in [1.82, 2.24) is 20.0 Å². The van der Waals surface area contributed by atoms with E-state index in [0.29, 0.717) is 24.0 Å². The van der Waals surface area contributed by atoms with Crippen molar-refractivity contribution in [3.63, 3.8) is 0 Å². The standard InChI is InChI=1S/C14H25N5O/c1-18(2)9-5-8-16-14(20)13-12(15)10-19(17-13)11-6-3-4-7-11/h10-11H,3-9,15H2,1-2H3,(H,16,20). The van der Waals surface area contributed by atoms with Crippen LogP contribution in [0.5, 0.6) is 0 Å². The van der Waals surface area contributed by atoms with Gasteiger partial charge in [0.2, 0.25) is 0 Å². The number of hydrogen-bond donors (Lipinski definition) is 2. The van der Waals surface area contributed by atoms with E-state index in [1.54, 1.807) is 6.20 Å². The Kier molecular flexibility index (Phi) is 5.00. The molecular formula is C14H25N5O. The number of carbonyl (C=O) groups is 1. The summed E-state index contributed by atoms with van der Waals surface area (Å²) in [5.74, 6) is -0.169. The largest absolute Gasteiger partial charge is 0.396 e. The van der Waals surface area contributed by atoms with Gasteiger partial charge in [0, 0.05) is 12.7 Å². The van der Waals surface area contributed by atoms with Crippen molar-refractivity contribution >= 4 is 11.6 Å². The van der Waals surface area contributed by atoms with E-state index in [9.17, 15) is 4.79 Å². The Morgan fingerprint density at radius 1 is 1.50 bits per heavy atom. The van der Waals surface area contributed by atoms with E-state index >= 15 is 0 Å². The van der Waals surface area contributed by atoms with Gasteiger partial charge in [-0.1, -0.05) is 12.8 Å². The topological polar surface area (TPSA) is 76.2 Å². The van der Waals surface area contributed by atoms with Crippen LogP contribution in [0, 0.1) is 0 Å². The van der Waals surface area contributed by atoms with Crippen molar-refractivity contribution in [3.8, 4) is 0 Å². The molecule has 1 aliphatic rings. The van der Waals surface area contributed by atoms with Gasteiger partial charge < -0.3 is 16.0 Å². The monoisotopic (exact) mass is 279 g/mol. The van der Waals surface area contributed by atoms with Gasteiger partial charge in [-0.2, -0.15) is 5.10 Å². The van der Waals surface area contributed by atoms with Gasteiger partial charge in [0.25, 0.3) is 5.91 Å². The van der Waals surface area contributed by atoms with Gasteiger partial charge in [-0.3, -0.25) is 9.48 Å². The fraction of sp³-hybridized carbons (Fsp3) is 0.714. The number of amides is 1. The van der Waals surface area contributed by atoms with E-state index in [1.807, 2.05) is 18.8 Å². The SMILES string of the molecule is CN(C)CCCNC(=O)c1nn(C2CCCC2)cc1N. The number of rotatable bonds is 6. The minimum atomic E-state index is -0.169. The van der Waals surface area contributed by atoms with Gasteiger partial charge in [0.05, 0.1) is 11.7 Å². The quantitative estimate of drug-likeness (QED) is 0.769. The Hall–Kier alpha value is -1.56. The highest BCUT2D eigenvalue weighted by molar-refractivity contribution is 5.96. The Morgan fingerprint density at radius 3 is 2.85 bits per heavy atom. The van der Waals surface area contributed by atoms with E-state index in [2.05, 4.69) is 15.3 Å². The molecule has 6 nitrogen and oxygen atoms in total. The first-order valence-corrected chi connectivity index (χ1v) is 7.35. The van der Waals surface area contributed by atoms with Gasteiger partial charge in [-0.15, -0.1) is 0 Å². The molecule has 20 heavy (non-hydrogen) atoms. The summed E-state index contributed by atoms with van der Waals surface area (Å²) in [6, 6.07) is 0.410. The summed E-state index contributed by atoms with van der Waals surface area (Å²) in [5.41, 5.74) is 6.75. The zero-order valence-corrected chi connectivity index (χ0v) is 12.4. The molecule has 0 spiro atoms. The summed E-state index contributed by atoms with van der Waals surface area (Å²) in [6.45, 7) is 1.60. The second kappa shape index (κ2) is 6.74. The van der Waals surface area contributed by atoms with Crippen LogP contribution < -0.4 is 11.1 Å².